The summed E-state index contributed by atoms with van der Waals surface area (Å²) in [6.07, 6.45) is 1.68. The Labute approximate surface area is 64.3 Å². The molecule has 0 aliphatic heterocycles. The van der Waals surface area contributed by atoms with E-state index in [1.54, 1.807) is 0 Å². The molecule has 0 aliphatic carbocycles. The van der Waals surface area contributed by atoms with Crippen LogP contribution in [0.2, 0.25) is 19.6 Å². The quantitative estimate of drug-likeness (QED) is 0.448. The summed E-state index contributed by atoms with van der Waals surface area (Å²) in [6, 6.07) is 0. The van der Waals surface area contributed by atoms with Gasteiger partial charge in [0.1, 0.15) is 0 Å². The predicted molar refractivity (Wildman–Crippen MR) is 44.1 cm³/mol. The van der Waals surface area contributed by atoms with Crippen molar-refractivity contribution >= 4 is 8.32 Å². The van der Waals surface area contributed by atoms with Gasteiger partial charge in [0, 0.05) is 6.61 Å². The van der Waals surface area contributed by atoms with Crippen molar-refractivity contribution < 1.29 is 9.53 Å². The molecule has 0 aliphatic rings. The lowest BCUT2D eigenvalue weighted by Gasteiger charge is -2.16. The van der Waals surface area contributed by atoms with Gasteiger partial charge in [-0.25, -0.2) is 5.11 Å². The van der Waals surface area contributed by atoms with Gasteiger partial charge in [0.2, 0.25) is 0 Å². The van der Waals surface area contributed by atoms with Crippen LogP contribution in [0.15, 0.2) is 0 Å². The second-order valence-corrected chi connectivity index (χ2v) is 7.89. The first-order valence-corrected chi connectivity index (χ1v) is 7.19. The average Bonchev–Trinajstić information content (AvgIpc) is 1.78. The van der Waals surface area contributed by atoms with Crippen molar-refractivity contribution in [1.82, 2.24) is 0 Å². The summed E-state index contributed by atoms with van der Waals surface area (Å²) in [5.74, 6) is 0. The van der Waals surface area contributed by atoms with Gasteiger partial charge in [0.25, 0.3) is 0 Å². The highest BCUT2D eigenvalue weighted by atomic mass is 28.4. The number of hydrogen-bond donors (Lipinski definition) is 0. The first-order valence-electron chi connectivity index (χ1n) is 3.78. The third kappa shape index (κ3) is 8.14. The molecule has 0 rings (SSSR count). The van der Waals surface area contributed by atoms with Crippen molar-refractivity contribution in [3.63, 3.8) is 0 Å². The number of rotatable bonds is 5. The van der Waals surface area contributed by atoms with Gasteiger partial charge in [0.15, 0.2) is 8.32 Å². The largest absolute Gasteiger partial charge is 0.418 e. The minimum atomic E-state index is -1.31. The molecule has 0 N–H and O–H groups in total. The molecule has 0 atom stereocenters. The van der Waals surface area contributed by atoms with E-state index < -0.39 is 8.32 Å². The fraction of sp³-hybridized carbons (Fsp3) is 1.00. The fourth-order valence-electron chi connectivity index (χ4n) is 0.582. The zero-order valence-corrected chi connectivity index (χ0v) is 8.14. The monoisotopic (exact) mass is 161 g/mol. The molecule has 10 heavy (non-hydrogen) atoms. The standard InChI is InChI=1S/C7H17O2Si/c1-10(2,3)9-7-5-4-6-8/h4-7H2,1-3H3. The van der Waals surface area contributed by atoms with Crippen LogP contribution in [0, 0.1) is 0 Å². The molecule has 0 saturated carbocycles. The Morgan fingerprint density at radius 2 is 1.80 bits per heavy atom. The van der Waals surface area contributed by atoms with Crippen molar-refractivity contribution in [2.45, 2.75) is 32.5 Å². The molecule has 0 aromatic heterocycles. The number of unbranched alkanes of at least 4 members (excludes halogenated alkanes) is 1. The van der Waals surface area contributed by atoms with E-state index in [1.807, 2.05) is 0 Å². The lowest BCUT2D eigenvalue weighted by Crippen LogP contribution is -2.25. The smallest absolute Gasteiger partial charge is 0.183 e. The lowest BCUT2D eigenvalue weighted by atomic mass is 10.3. The van der Waals surface area contributed by atoms with E-state index in [9.17, 15) is 5.11 Å². The van der Waals surface area contributed by atoms with Crippen LogP contribution in [0.1, 0.15) is 12.8 Å². The highest BCUT2D eigenvalue weighted by Gasteiger charge is 2.12. The van der Waals surface area contributed by atoms with E-state index in [0.717, 1.165) is 19.4 Å². The molecular formula is C7H17O2Si. The van der Waals surface area contributed by atoms with Crippen molar-refractivity contribution in [1.29, 1.82) is 0 Å². The summed E-state index contributed by atoms with van der Waals surface area (Å²) < 4.78 is 5.53. The van der Waals surface area contributed by atoms with Crippen molar-refractivity contribution in [3.8, 4) is 0 Å². The second-order valence-electron chi connectivity index (χ2n) is 3.37. The Morgan fingerprint density at radius 1 is 1.20 bits per heavy atom. The summed E-state index contributed by atoms with van der Waals surface area (Å²) in [6.45, 7) is 7.28. The molecule has 1 radical (unpaired) electrons. The van der Waals surface area contributed by atoms with Gasteiger partial charge in [-0.15, -0.1) is 0 Å². The van der Waals surface area contributed by atoms with Gasteiger partial charge in [-0.3, -0.25) is 0 Å². The summed E-state index contributed by atoms with van der Waals surface area (Å²) >= 11 is 0. The van der Waals surface area contributed by atoms with Crippen LogP contribution in [0.5, 0.6) is 0 Å². The Morgan fingerprint density at radius 3 is 2.20 bits per heavy atom. The van der Waals surface area contributed by atoms with E-state index in [2.05, 4.69) is 19.6 Å². The Kier molecular flexibility index (Phi) is 4.94. The normalized spacial score (nSPS) is 12.0. The Balaban J connectivity index is 3.04. The SMILES string of the molecule is C[Si](C)(C)OCCCC[O]. The van der Waals surface area contributed by atoms with Crippen LogP contribution in [0.3, 0.4) is 0 Å². The van der Waals surface area contributed by atoms with Gasteiger partial charge < -0.3 is 4.43 Å². The molecule has 0 amide bonds. The summed E-state index contributed by atoms with van der Waals surface area (Å²) in [4.78, 5) is 0. The molecule has 0 aromatic carbocycles. The molecule has 0 bridgehead atoms. The van der Waals surface area contributed by atoms with Crippen LogP contribution >= 0.6 is 0 Å². The molecule has 0 heterocycles. The minimum Gasteiger partial charge on any atom is -0.418 e. The predicted octanol–water partition coefficient (Wildman–Crippen LogP) is 2.05. The summed E-state index contributed by atoms with van der Waals surface area (Å²) in [7, 11) is -1.31. The molecule has 0 aromatic rings. The first kappa shape index (κ1) is 10.1. The molecule has 0 spiro atoms. The van der Waals surface area contributed by atoms with E-state index in [4.69, 9.17) is 4.43 Å². The van der Waals surface area contributed by atoms with Crippen LogP contribution in [0.4, 0.5) is 0 Å². The van der Waals surface area contributed by atoms with E-state index in [-0.39, 0.29) is 6.61 Å². The van der Waals surface area contributed by atoms with E-state index in [1.165, 1.54) is 0 Å². The van der Waals surface area contributed by atoms with Crippen LogP contribution in [-0.4, -0.2) is 21.5 Å². The molecule has 0 unspecified atom stereocenters. The van der Waals surface area contributed by atoms with E-state index >= 15 is 0 Å². The average molecular weight is 161 g/mol. The number of hydrogen-bond acceptors (Lipinski definition) is 1. The lowest BCUT2D eigenvalue weighted by molar-refractivity contribution is 0.177. The second kappa shape index (κ2) is 4.88. The topological polar surface area (TPSA) is 29.1 Å². The van der Waals surface area contributed by atoms with Gasteiger partial charge in [-0.2, -0.15) is 0 Å². The van der Waals surface area contributed by atoms with E-state index in [0.29, 0.717) is 0 Å². The first-order chi connectivity index (χ1) is 4.56. The van der Waals surface area contributed by atoms with Crippen molar-refractivity contribution in [2.75, 3.05) is 13.2 Å². The third-order valence-corrected chi connectivity index (χ3v) is 2.14. The highest BCUT2D eigenvalue weighted by Crippen LogP contribution is 2.03. The van der Waals surface area contributed by atoms with Gasteiger partial charge in [0.05, 0.1) is 6.61 Å². The third-order valence-electron chi connectivity index (χ3n) is 1.07. The molecule has 61 valence electrons. The van der Waals surface area contributed by atoms with Gasteiger partial charge in [-0.1, -0.05) is 0 Å². The molecule has 2 nitrogen and oxygen atoms in total. The maximum atomic E-state index is 10.0. The van der Waals surface area contributed by atoms with Crippen LogP contribution < -0.4 is 0 Å². The van der Waals surface area contributed by atoms with Crippen LogP contribution in [0.25, 0.3) is 0 Å². The molecule has 3 heteroatoms. The Hall–Kier alpha value is 0.137. The summed E-state index contributed by atoms with van der Waals surface area (Å²) in [5, 5.41) is 10.0. The molecule has 0 fully saturated rings. The maximum absolute atomic E-state index is 10.0. The minimum absolute atomic E-state index is 0.0368. The fourth-order valence-corrected chi connectivity index (χ4v) is 1.34. The zero-order chi connectivity index (χ0) is 8.04. The Bertz CT molecular complexity index is 78.2. The van der Waals surface area contributed by atoms with Gasteiger partial charge in [-0.05, 0) is 32.5 Å². The summed E-state index contributed by atoms with van der Waals surface area (Å²) in [5.41, 5.74) is 0. The molecular weight excluding hydrogens is 144 g/mol. The van der Waals surface area contributed by atoms with Crippen molar-refractivity contribution in [3.05, 3.63) is 0 Å². The zero-order valence-electron chi connectivity index (χ0n) is 7.14. The van der Waals surface area contributed by atoms with Gasteiger partial charge >= 0.3 is 0 Å². The maximum Gasteiger partial charge on any atom is 0.183 e. The van der Waals surface area contributed by atoms with Crippen molar-refractivity contribution in [2.24, 2.45) is 0 Å². The highest BCUT2D eigenvalue weighted by molar-refractivity contribution is 6.69. The van der Waals surface area contributed by atoms with Crippen LogP contribution in [-0.2, 0) is 9.53 Å². The molecule has 0 saturated heterocycles.